The number of fused-ring (bicyclic) bond motifs is 2. The van der Waals surface area contributed by atoms with Crippen molar-refractivity contribution in [1.82, 2.24) is 9.88 Å². The first kappa shape index (κ1) is 14.5. The Morgan fingerprint density at radius 3 is 3.00 bits per heavy atom. The Morgan fingerprint density at radius 2 is 2.24 bits per heavy atom. The van der Waals surface area contributed by atoms with Gasteiger partial charge in [-0.25, -0.2) is 0 Å². The normalized spacial score (nSPS) is 24.1. The van der Waals surface area contributed by atoms with Crippen molar-refractivity contribution in [2.24, 2.45) is 5.92 Å². The molecule has 0 amide bonds. The first-order chi connectivity index (χ1) is 9.65. The molecule has 21 heavy (non-hydrogen) atoms. The van der Waals surface area contributed by atoms with Gasteiger partial charge in [0.15, 0.2) is 0 Å². The summed E-state index contributed by atoms with van der Waals surface area (Å²) in [6, 6.07) is 6.43. The Kier molecular flexibility index (Phi) is 3.49. The van der Waals surface area contributed by atoms with Crippen molar-refractivity contribution in [3.05, 3.63) is 41.6 Å². The van der Waals surface area contributed by atoms with Gasteiger partial charge in [0.05, 0.1) is 0 Å². The van der Waals surface area contributed by atoms with E-state index < -0.39 is 11.9 Å². The molecular formula is C16H15LiN2O2. The van der Waals surface area contributed by atoms with Crippen LogP contribution in [0, 0.1) is 5.92 Å². The maximum atomic E-state index is 11.2. The van der Waals surface area contributed by atoms with E-state index in [1.54, 1.807) is 0 Å². The quantitative estimate of drug-likeness (QED) is 0.600. The summed E-state index contributed by atoms with van der Waals surface area (Å²) >= 11 is 0. The topological polar surface area (TPSA) is 59.2 Å². The molecular weight excluding hydrogens is 259 g/mol. The van der Waals surface area contributed by atoms with Gasteiger partial charge in [-0.3, -0.25) is 4.90 Å². The van der Waals surface area contributed by atoms with Crippen LogP contribution in [0.4, 0.5) is 0 Å². The fourth-order valence-electron chi connectivity index (χ4n) is 3.60. The number of aliphatic carboxylic acids is 1. The molecule has 0 bridgehead atoms. The average molecular weight is 274 g/mol. The third-order valence-electron chi connectivity index (χ3n) is 4.57. The summed E-state index contributed by atoms with van der Waals surface area (Å²) in [5.74, 6) is -1.52. The molecule has 2 aliphatic rings. The Balaban J connectivity index is 0.00000132. The van der Waals surface area contributed by atoms with Gasteiger partial charge in [0.25, 0.3) is 0 Å². The Morgan fingerprint density at radius 1 is 1.43 bits per heavy atom. The molecule has 1 N–H and O–H groups in total. The number of nitrogens with zero attached hydrogens (tertiary/aromatic N) is 1. The molecule has 0 spiro atoms. The van der Waals surface area contributed by atoms with Gasteiger partial charge in [-0.15, -0.1) is 0 Å². The molecule has 2 atom stereocenters. The number of aromatic nitrogens is 1. The number of hydrogen-bond donors (Lipinski definition) is 1. The molecule has 0 fully saturated rings. The molecule has 1 aliphatic heterocycles. The van der Waals surface area contributed by atoms with Crippen LogP contribution in [-0.4, -0.2) is 35.5 Å². The molecule has 0 radical (unpaired) electrons. The van der Waals surface area contributed by atoms with Gasteiger partial charge in [0.2, 0.25) is 0 Å². The van der Waals surface area contributed by atoms with E-state index in [2.05, 4.69) is 28.2 Å². The first-order valence-corrected chi connectivity index (χ1v) is 6.87. The van der Waals surface area contributed by atoms with Crippen LogP contribution in [-0.2, 0) is 11.2 Å². The van der Waals surface area contributed by atoms with Crippen LogP contribution < -0.4 is 24.0 Å². The maximum Gasteiger partial charge on any atom is 1.00 e. The van der Waals surface area contributed by atoms with Crippen LogP contribution in [0.15, 0.2) is 30.5 Å². The van der Waals surface area contributed by atoms with E-state index in [1.165, 1.54) is 10.9 Å². The third-order valence-corrected chi connectivity index (χ3v) is 4.57. The number of carbonyl (C=O) groups excluding carboxylic acids is 1. The molecule has 0 saturated heterocycles. The average Bonchev–Trinajstić information content (AvgIpc) is 2.84. The van der Waals surface area contributed by atoms with E-state index in [4.69, 9.17) is 0 Å². The fraction of sp³-hybridized carbons (Fsp3) is 0.312. The molecule has 1 aliphatic carbocycles. The maximum absolute atomic E-state index is 11.2. The summed E-state index contributed by atoms with van der Waals surface area (Å²) in [5.41, 5.74) is 4.73. The van der Waals surface area contributed by atoms with E-state index in [-0.39, 0.29) is 24.9 Å². The molecule has 0 unspecified atom stereocenters. The smallest absolute Gasteiger partial charge is 0.549 e. The van der Waals surface area contributed by atoms with Crippen LogP contribution in [0.25, 0.3) is 16.5 Å². The number of benzene rings is 1. The standard InChI is InChI=1S/C16H16N2O2.Li/c1-18-8-10(16(19)20)5-12-11-3-2-4-13-15(11)9(7-17-13)6-14(12)18;/h2-5,7,10,14,17H,6,8H2,1H3,(H,19,20);/q;+1/p-1/t10-,14-;/m1./s1. The second-order valence-electron chi connectivity index (χ2n) is 5.75. The zero-order valence-corrected chi connectivity index (χ0v) is 12.2. The van der Waals surface area contributed by atoms with Crippen LogP contribution >= 0.6 is 0 Å². The van der Waals surface area contributed by atoms with Gasteiger partial charge in [-0.2, -0.15) is 0 Å². The Hall–Kier alpha value is -1.47. The van der Waals surface area contributed by atoms with Gasteiger partial charge in [0.1, 0.15) is 0 Å². The summed E-state index contributed by atoms with van der Waals surface area (Å²) in [6.45, 7) is 0.520. The third kappa shape index (κ3) is 2.06. The number of carboxylic acids is 1. The van der Waals surface area contributed by atoms with Crippen molar-refractivity contribution in [1.29, 1.82) is 0 Å². The van der Waals surface area contributed by atoms with E-state index in [0.717, 1.165) is 23.1 Å². The number of nitrogens with one attached hydrogen (secondary N) is 1. The molecule has 2 aromatic rings. The van der Waals surface area contributed by atoms with Gasteiger partial charge in [0, 0.05) is 41.6 Å². The molecule has 0 saturated carbocycles. The van der Waals surface area contributed by atoms with Crippen LogP contribution in [0.2, 0.25) is 0 Å². The van der Waals surface area contributed by atoms with E-state index >= 15 is 0 Å². The second kappa shape index (κ2) is 5.06. The van der Waals surface area contributed by atoms with E-state index in [9.17, 15) is 9.90 Å². The number of aromatic amines is 1. The summed E-state index contributed by atoms with van der Waals surface area (Å²) in [7, 11) is 1.99. The predicted molar refractivity (Wildman–Crippen MR) is 74.9 cm³/mol. The van der Waals surface area contributed by atoms with Gasteiger partial charge >= 0.3 is 18.9 Å². The number of carbonyl (C=O) groups is 1. The minimum Gasteiger partial charge on any atom is -0.549 e. The van der Waals surface area contributed by atoms with Gasteiger partial charge < -0.3 is 14.9 Å². The van der Waals surface area contributed by atoms with E-state index in [1.807, 2.05) is 19.2 Å². The number of carboxylic acid groups (broad SMARTS) is 1. The molecule has 1 aromatic carbocycles. The van der Waals surface area contributed by atoms with E-state index in [0.29, 0.717) is 6.54 Å². The minimum absolute atomic E-state index is 0. The second-order valence-corrected chi connectivity index (χ2v) is 5.75. The van der Waals surface area contributed by atoms with Crippen molar-refractivity contribution < 1.29 is 28.8 Å². The fourth-order valence-corrected chi connectivity index (χ4v) is 3.60. The number of hydrogen-bond acceptors (Lipinski definition) is 3. The molecule has 102 valence electrons. The van der Waals surface area contributed by atoms with Crippen LogP contribution in [0.5, 0.6) is 0 Å². The summed E-state index contributed by atoms with van der Waals surface area (Å²) in [6.07, 6.45) is 4.90. The number of likely N-dealkylation sites (N-methyl/N-ethyl adjacent to an activating group) is 1. The zero-order chi connectivity index (χ0) is 13.9. The largest absolute Gasteiger partial charge is 1.00 e. The van der Waals surface area contributed by atoms with Crippen LogP contribution in [0.1, 0.15) is 11.1 Å². The van der Waals surface area contributed by atoms with Crippen molar-refractivity contribution in [3.8, 4) is 0 Å². The monoisotopic (exact) mass is 274 g/mol. The summed E-state index contributed by atoms with van der Waals surface area (Å²) in [5, 5.41) is 12.5. The number of rotatable bonds is 1. The van der Waals surface area contributed by atoms with Gasteiger partial charge in [-0.05, 0) is 36.2 Å². The molecule has 4 nitrogen and oxygen atoms in total. The molecule has 1 aromatic heterocycles. The minimum atomic E-state index is -0.991. The van der Waals surface area contributed by atoms with Crippen molar-refractivity contribution >= 4 is 22.4 Å². The molecule has 4 rings (SSSR count). The summed E-state index contributed by atoms with van der Waals surface area (Å²) in [4.78, 5) is 16.7. The van der Waals surface area contributed by atoms with Crippen molar-refractivity contribution in [2.75, 3.05) is 13.6 Å². The Labute approximate surface area is 135 Å². The molecule has 5 heteroatoms. The zero-order valence-electron chi connectivity index (χ0n) is 12.2. The number of H-pyrrole nitrogens is 1. The predicted octanol–water partition coefficient (Wildman–Crippen LogP) is -2.21. The summed E-state index contributed by atoms with van der Waals surface area (Å²) < 4.78 is 0. The van der Waals surface area contributed by atoms with Gasteiger partial charge in [-0.1, -0.05) is 18.2 Å². The van der Waals surface area contributed by atoms with Crippen molar-refractivity contribution in [2.45, 2.75) is 12.5 Å². The molecule has 2 heterocycles. The SMILES string of the molecule is CN1C[C@H](C(=O)[O-])C=C2c3cccc4[nH]cc(c34)C[C@H]21.[Li+]. The van der Waals surface area contributed by atoms with Crippen molar-refractivity contribution in [3.63, 3.8) is 0 Å². The Bertz CT molecular complexity index is 750. The first-order valence-electron chi connectivity index (χ1n) is 6.87. The van der Waals surface area contributed by atoms with Crippen LogP contribution in [0.3, 0.4) is 0 Å².